The summed E-state index contributed by atoms with van der Waals surface area (Å²) >= 11 is 0. The van der Waals surface area contributed by atoms with Gasteiger partial charge in [-0.1, -0.05) is 25.5 Å². The summed E-state index contributed by atoms with van der Waals surface area (Å²) in [5.74, 6) is -2.63. The maximum atomic E-state index is 12.3. The molecule has 2 rings (SSSR count). The van der Waals surface area contributed by atoms with Crippen LogP contribution >= 0.6 is 0 Å². The van der Waals surface area contributed by atoms with Crippen molar-refractivity contribution < 1.29 is 29.3 Å². The van der Waals surface area contributed by atoms with Gasteiger partial charge >= 0.3 is 11.9 Å². The van der Waals surface area contributed by atoms with E-state index in [4.69, 9.17) is 9.84 Å². The maximum Gasteiger partial charge on any atom is 0.310 e. The molecule has 1 saturated carbocycles. The lowest BCUT2D eigenvalue weighted by molar-refractivity contribution is -0.153. The number of allylic oxidation sites excluding steroid dienone is 4. The molecule has 0 spiro atoms. The van der Waals surface area contributed by atoms with E-state index in [2.05, 4.69) is 0 Å². The van der Waals surface area contributed by atoms with Gasteiger partial charge in [-0.2, -0.15) is 0 Å². The molecule has 1 fully saturated rings. The third-order valence-electron chi connectivity index (χ3n) is 5.62. The number of carboxylic acid groups (broad SMARTS) is 1. The Bertz CT molecular complexity index is 710. The van der Waals surface area contributed by atoms with Crippen LogP contribution in [-0.2, 0) is 19.1 Å². The highest BCUT2D eigenvalue weighted by molar-refractivity contribution is 6.08. The minimum atomic E-state index is -1.04. The summed E-state index contributed by atoms with van der Waals surface area (Å²) in [6.07, 6.45) is 5.61. The highest BCUT2D eigenvalue weighted by Gasteiger charge is 2.46. The van der Waals surface area contributed by atoms with Crippen molar-refractivity contribution in [1.29, 1.82) is 0 Å². The van der Waals surface area contributed by atoms with Gasteiger partial charge in [0.15, 0.2) is 5.78 Å². The highest BCUT2D eigenvalue weighted by atomic mass is 16.5. The molecule has 6 nitrogen and oxygen atoms in total. The molecule has 142 valence electrons. The third-order valence-corrected chi connectivity index (χ3v) is 5.62. The Morgan fingerprint density at radius 3 is 2.65 bits per heavy atom. The molecular weight excluding hydrogens is 336 g/mol. The minimum absolute atomic E-state index is 0.000583. The molecule has 0 aromatic carbocycles. The summed E-state index contributed by atoms with van der Waals surface area (Å²) in [4.78, 5) is 35.6. The standard InChI is InChI=1S/C20H26O6/c1-11(21)5-8-18(23)26-17-7-6-14-9-16(22)15(12(2)19(24)25)10-20(14,4)13(17)3/h5,9-10,12-13,17,21H,6-8H2,1-4H3,(H,24,25). The average molecular weight is 362 g/mol. The second kappa shape index (κ2) is 7.48. The van der Waals surface area contributed by atoms with Crippen LogP contribution in [0.25, 0.3) is 0 Å². The number of aliphatic hydroxyl groups excluding tert-OH is 1. The van der Waals surface area contributed by atoms with Crippen molar-refractivity contribution in [2.24, 2.45) is 17.3 Å². The average Bonchev–Trinajstić information content (AvgIpc) is 2.56. The van der Waals surface area contributed by atoms with Crippen LogP contribution in [0.4, 0.5) is 0 Å². The fraction of sp³-hybridized carbons (Fsp3) is 0.550. The van der Waals surface area contributed by atoms with Crippen molar-refractivity contribution in [2.75, 3.05) is 0 Å². The maximum absolute atomic E-state index is 12.3. The normalized spacial score (nSPS) is 30.0. The van der Waals surface area contributed by atoms with Crippen LogP contribution in [0.5, 0.6) is 0 Å². The lowest BCUT2D eigenvalue weighted by Gasteiger charge is -2.46. The molecule has 2 aliphatic rings. The van der Waals surface area contributed by atoms with Crippen LogP contribution in [0.15, 0.2) is 35.1 Å². The van der Waals surface area contributed by atoms with Crippen LogP contribution in [0.1, 0.15) is 47.0 Å². The number of esters is 1. The van der Waals surface area contributed by atoms with Gasteiger partial charge in [0.2, 0.25) is 0 Å². The van der Waals surface area contributed by atoms with Crippen LogP contribution in [0.2, 0.25) is 0 Å². The summed E-state index contributed by atoms with van der Waals surface area (Å²) in [5, 5.41) is 18.4. The van der Waals surface area contributed by atoms with E-state index in [-0.39, 0.29) is 35.6 Å². The number of ether oxygens (including phenoxy) is 1. The summed E-state index contributed by atoms with van der Waals surface area (Å²) in [6.45, 7) is 6.90. The van der Waals surface area contributed by atoms with E-state index in [9.17, 15) is 19.5 Å². The lowest BCUT2D eigenvalue weighted by atomic mass is 9.60. The topological polar surface area (TPSA) is 101 Å². The van der Waals surface area contributed by atoms with E-state index in [0.29, 0.717) is 12.8 Å². The number of hydrogen-bond acceptors (Lipinski definition) is 5. The van der Waals surface area contributed by atoms with Crippen molar-refractivity contribution in [1.82, 2.24) is 0 Å². The van der Waals surface area contributed by atoms with Crippen molar-refractivity contribution in [2.45, 2.75) is 53.1 Å². The molecule has 6 heteroatoms. The Kier molecular flexibility index (Phi) is 5.74. The number of aliphatic carboxylic acids is 1. The predicted molar refractivity (Wildman–Crippen MR) is 95.4 cm³/mol. The molecule has 0 saturated heterocycles. The molecule has 2 N–H and O–H groups in total. The molecule has 2 aliphatic carbocycles. The van der Waals surface area contributed by atoms with Crippen LogP contribution in [-0.4, -0.2) is 34.0 Å². The second-order valence-corrected chi connectivity index (χ2v) is 7.38. The first-order valence-corrected chi connectivity index (χ1v) is 8.82. The zero-order valence-corrected chi connectivity index (χ0v) is 15.6. The summed E-state index contributed by atoms with van der Waals surface area (Å²) < 4.78 is 5.59. The quantitative estimate of drug-likeness (QED) is 0.574. The number of carboxylic acids is 1. The predicted octanol–water partition coefficient (Wildman–Crippen LogP) is 3.34. The van der Waals surface area contributed by atoms with Crippen molar-refractivity contribution in [3.8, 4) is 0 Å². The first-order valence-electron chi connectivity index (χ1n) is 8.82. The first kappa shape index (κ1) is 19.9. The van der Waals surface area contributed by atoms with Gasteiger partial charge < -0.3 is 14.9 Å². The van der Waals surface area contributed by atoms with Crippen LogP contribution in [0.3, 0.4) is 0 Å². The van der Waals surface area contributed by atoms with E-state index in [1.54, 1.807) is 12.2 Å². The fourth-order valence-electron chi connectivity index (χ4n) is 3.66. The molecule has 26 heavy (non-hydrogen) atoms. The number of fused-ring (bicyclic) bond motifs is 1. The molecule has 4 atom stereocenters. The zero-order valence-electron chi connectivity index (χ0n) is 15.6. The molecule has 0 amide bonds. The highest BCUT2D eigenvalue weighted by Crippen LogP contribution is 2.50. The van der Waals surface area contributed by atoms with Crippen molar-refractivity contribution >= 4 is 17.7 Å². The molecular formula is C20H26O6. The fourth-order valence-corrected chi connectivity index (χ4v) is 3.66. The Balaban J connectivity index is 2.24. The molecule has 0 radical (unpaired) electrons. The minimum Gasteiger partial charge on any atom is -0.513 e. The molecule has 0 aromatic rings. The number of carbonyl (C=O) groups excluding carboxylic acids is 2. The van der Waals surface area contributed by atoms with E-state index >= 15 is 0 Å². The van der Waals surface area contributed by atoms with Crippen LogP contribution in [0, 0.1) is 17.3 Å². The number of rotatable bonds is 5. The molecule has 4 unspecified atom stereocenters. The smallest absolute Gasteiger partial charge is 0.310 e. The monoisotopic (exact) mass is 362 g/mol. The van der Waals surface area contributed by atoms with Gasteiger partial charge in [-0.3, -0.25) is 14.4 Å². The van der Waals surface area contributed by atoms with Gasteiger partial charge in [0.05, 0.1) is 18.1 Å². The van der Waals surface area contributed by atoms with E-state index in [0.717, 1.165) is 5.57 Å². The Morgan fingerprint density at radius 1 is 1.42 bits per heavy atom. The van der Waals surface area contributed by atoms with Gasteiger partial charge in [0.1, 0.15) is 6.10 Å². The number of carbonyl (C=O) groups is 3. The largest absolute Gasteiger partial charge is 0.513 e. The van der Waals surface area contributed by atoms with Crippen LogP contribution < -0.4 is 0 Å². The molecule has 0 aromatic heterocycles. The number of aliphatic hydroxyl groups is 1. The van der Waals surface area contributed by atoms with Gasteiger partial charge in [0, 0.05) is 16.9 Å². The number of hydrogen-bond donors (Lipinski definition) is 2. The third kappa shape index (κ3) is 3.89. The Hall–Kier alpha value is -2.37. The van der Waals surface area contributed by atoms with Crippen molar-refractivity contribution in [3.63, 3.8) is 0 Å². The molecule has 0 heterocycles. The SMILES string of the molecule is CC(O)=CCC(=O)OC1CCC2=CC(=O)C(C(C)C(=O)O)=CC2(C)C1C. The summed E-state index contributed by atoms with van der Waals surface area (Å²) in [6, 6.07) is 0. The van der Waals surface area contributed by atoms with Gasteiger partial charge in [-0.15, -0.1) is 0 Å². The van der Waals surface area contributed by atoms with E-state index in [1.807, 2.05) is 13.8 Å². The molecule has 0 aliphatic heterocycles. The Labute approximate surface area is 153 Å². The van der Waals surface area contributed by atoms with Crippen molar-refractivity contribution in [3.05, 3.63) is 35.1 Å². The van der Waals surface area contributed by atoms with E-state index in [1.165, 1.54) is 19.9 Å². The van der Waals surface area contributed by atoms with Gasteiger partial charge in [-0.05, 0) is 38.8 Å². The Morgan fingerprint density at radius 2 is 2.08 bits per heavy atom. The zero-order chi connectivity index (χ0) is 19.6. The lowest BCUT2D eigenvalue weighted by Crippen LogP contribution is -2.43. The van der Waals surface area contributed by atoms with E-state index < -0.39 is 23.3 Å². The first-order chi connectivity index (χ1) is 12.1. The number of ketones is 1. The second-order valence-electron chi connectivity index (χ2n) is 7.38. The summed E-state index contributed by atoms with van der Waals surface area (Å²) in [5.41, 5.74) is 0.704. The molecule has 0 bridgehead atoms. The van der Waals surface area contributed by atoms with Gasteiger partial charge in [-0.25, -0.2) is 0 Å². The van der Waals surface area contributed by atoms with Gasteiger partial charge in [0.25, 0.3) is 0 Å². The summed E-state index contributed by atoms with van der Waals surface area (Å²) in [7, 11) is 0.